The van der Waals surface area contributed by atoms with Crippen molar-refractivity contribution in [3.8, 4) is 0 Å². The number of nitrogens with zero attached hydrogens (tertiary/aromatic N) is 1. The molecule has 7 nitrogen and oxygen atoms in total. The summed E-state index contributed by atoms with van der Waals surface area (Å²) in [4.78, 5) is 35.1. The molecule has 2 amide bonds. The molecule has 7 heteroatoms. The summed E-state index contributed by atoms with van der Waals surface area (Å²) in [5.74, 6) is -0.920. The lowest BCUT2D eigenvalue weighted by Crippen LogP contribution is -2.35. The van der Waals surface area contributed by atoms with Gasteiger partial charge in [-0.3, -0.25) is 19.7 Å². The van der Waals surface area contributed by atoms with Crippen LogP contribution < -0.4 is 10.6 Å². The van der Waals surface area contributed by atoms with Crippen LogP contribution in [0.5, 0.6) is 0 Å². The third-order valence-corrected chi connectivity index (χ3v) is 4.00. The van der Waals surface area contributed by atoms with Gasteiger partial charge >= 0.3 is 0 Å². The first kappa shape index (κ1) is 21.6. The van der Waals surface area contributed by atoms with Crippen molar-refractivity contribution in [2.45, 2.75) is 19.8 Å². The van der Waals surface area contributed by atoms with Gasteiger partial charge in [0.25, 0.3) is 17.5 Å². The van der Waals surface area contributed by atoms with Crippen LogP contribution in [0, 0.1) is 10.1 Å². The minimum Gasteiger partial charge on any atom is -0.351 e. The van der Waals surface area contributed by atoms with E-state index in [0.29, 0.717) is 6.54 Å². The van der Waals surface area contributed by atoms with E-state index in [0.717, 1.165) is 18.4 Å². The average molecular weight is 393 g/mol. The van der Waals surface area contributed by atoms with Crippen LogP contribution in [-0.4, -0.2) is 23.3 Å². The summed E-state index contributed by atoms with van der Waals surface area (Å²) in [6.07, 6.45) is 6.78. The monoisotopic (exact) mass is 393 g/mol. The van der Waals surface area contributed by atoms with Crippen LogP contribution in [0.15, 0.2) is 72.4 Å². The van der Waals surface area contributed by atoms with Gasteiger partial charge in [-0.2, -0.15) is 0 Å². The van der Waals surface area contributed by atoms with Crippen LogP contribution in [-0.2, 0) is 4.79 Å². The summed E-state index contributed by atoms with van der Waals surface area (Å²) < 4.78 is 0. The predicted octanol–water partition coefficient (Wildman–Crippen LogP) is 3.84. The third-order valence-electron chi connectivity index (χ3n) is 4.00. The summed E-state index contributed by atoms with van der Waals surface area (Å²) in [6, 6.07) is 14.7. The Hall–Kier alpha value is -3.74. The second-order valence-electron chi connectivity index (χ2n) is 6.22. The Kier molecular flexibility index (Phi) is 8.31. The van der Waals surface area contributed by atoms with Gasteiger partial charge in [-0.05, 0) is 30.2 Å². The molecule has 0 unspecified atom stereocenters. The Morgan fingerprint density at radius 1 is 1.07 bits per heavy atom. The number of amides is 2. The molecule has 0 fully saturated rings. The summed E-state index contributed by atoms with van der Waals surface area (Å²) in [5, 5.41) is 16.1. The van der Waals surface area contributed by atoms with Crippen molar-refractivity contribution >= 4 is 23.6 Å². The van der Waals surface area contributed by atoms with Gasteiger partial charge in [-0.1, -0.05) is 55.8 Å². The molecule has 0 aliphatic carbocycles. The van der Waals surface area contributed by atoms with Crippen molar-refractivity contribution < 1.29 is 14.5 Å². The maximum Gasteiger partial charge on any atom is 0.269 e. The standard InChI is InChI=1S/C22H23N3O4/c1-2-3-16-23-22(27)20(11-7-10-17-8-5-4-6-9-17)24-21(26)18-12-14-19(15-13-18)25(28)29/h4-15H,2-3,16H2,1H3,(H,23,27)(H,24,26). The molecule has 0 saturated carbocycles. The van der Waals surface area contributed by atoms with Crippen molar-refractivity contribution in [3.05, 3.63) is 93.7 Å². The van der Waals surface area contributed by atoms with Gasteiger partial charge in [0.15, 0.2) is 0 Å². The number of non-ortho nitro benzene ring substituents is 1. The van der Waals surface area contributed by atoms with Crippen LogP contribution in [0.2, 0.25) is 0 Å². The largest absolute Gasteiger partial charge is 0.351 e. The number of nitro groups is 1. The van der Waals surface area contributed by atoms with Crippen LogP contribution in [0.25, 0.3) is 6.08 Å². The lowest BCUT2D eigenvalue weighted by Gasteiger charge is -2.10. The molecule has 2 rings (SSSR count). The number of carbonyl (C=O) groups excluding carboxylic acids is 2. The average Bonchev–Trinajstić information content (AvgIpc) is 2.73. The maximum atomic E-state index is 12.5. The van der Waals surface area contributed by atoms with E-state index in [1.54, 1.807) is 6.08 Å². The summed E-state index contributed by atoms with van der Waals surface area (Å²) in [5.41, 5.74) is 1.16. The Labute approximate surface area is 169 Å². The predicted molar refractivity (Wildman–Crippen MR) is 112 cm³/mol. The second kappa shape index (κ2) is 11.2. The molecule has 2 aromatic carbocycles. The minimum absolute atomic E-state index is 0.0941. The number of hydrogen-bond donors (Lipinski definition) is 2. The number of nitrogens with one attached hydrogen (secondary N) is 2. The second-order valence-corrected chi connectivity index (χ2v) is 6.22. The van der Waals surface area contributed by atoms with E-state index < -0.39 is 16.7 Å². The normalized spacial score (nSPS) is 11.3. The molecule has 0 heterocycles. The highest BCUT2D eigenvalue weighted by Crippen LogP contribution is 2.12. The van der Waals surface area contributed by atoms with Gasteiger partial charge < -0.3 is 10.6 Å². The smallest absolute Gasteiger partial charge is 0.269 e. The van der Waals surface area contributed by atoms with E-state index in [2.05, 4.69) is 10.6 Å². The Bertz CT molecular complexity index is 903. The fourth-order valence-electron chi connectivity index (χ4n) is 2.40. The van der Waals surface area contributed by atoms with E-state index >= 15 is 0 Å². The number of rotatable bonds is 9. The van der Waals surface area contributed by atoms with E-state index in [4.69, 9.17) is 0 Å². The molecule has 0 aromatic heterocycles. The fraction of sp³-hybridized carbons (Fsp3) is 0.182. The molecule has 2 aromatic rings. The molecule has 0 aliphatic heterocycles. The molecule has 0 aliphatic rings. The van der Waals surface area contributed by atoms with Crippen molar-refractivity contribution in [1.82, 2.24) is 10.6 Å². The first-order chi connectivity index (χ1) is 14.0. The van der Waals surface area contributed by atoms with E-state index in [1.807, 2.05) is 43.3 Å². The zero-order valence-electron chi connectivity index (χ0n) is 16.1. The summed E-state index contributed by atoms with van der Waals surface area (Å²) in [6.45, 7) is 2.52. The zero-order chi connectivity index (χ0) is 21.1. The Balaban J connectivity index is 2.15. The van der Waals surface area contributed by atoms with Crippen molar-refractivity contribution in [3.63, 3.8) is 0 Å². The van der Waals surface area contributed by atoms with Crippen molar-refractivity contribution in [2.24, 2.45) is 0 Å². The number of hydrogen-bond acceptors (Lipinski definition) is 4. The van der Waals surface area contributed by atoms with Gasteiger partial charge in [-0.25, -0.2) is 0 Å². The van der Waals surface area contributed by atoms with Crippen LogP contribution >= 0.6 is 0 Å². The summed E-state index contributed by atoms with van der Waals surface area (Å²) >= 11 is 0. The molecule has 0 radical (unpaired) electrons. The Morgan fingerprint density at radius 3 is 2.38 bits per heavy atom. The number of unbranched alkanes of at least 4 members (excludes halogenated alkanes) is 1. The maximum absolute atomic E-state index is 12.5. The highest BCUT2D eigenvalue weighted by Gasteiger charge is 2.14. The van der Waals surface area contributed by atoms with Crippen molar-refractivity contribution in [1.29, 1.82) is 0 Å². The van der Waals surface area contributed by atoms with Crippen LogP contribution in [0.4, 0.5) is 5.69 Å². The first-order valence-corrected chi connectivity index (χ1v) is 9.28. The van der Waals surface area contributed by atoms with Gasteiger partial charge in [0.05, 0.1) is 4.92 Å². The minimum atomic E-state index is -0.539. The Morgan fingerprint density at radius 2 is 1.76 bits per heavy atom. The molecule has 0 saturated heterocycles. The lowest BCUT2D eigenvalue weighted by atomic mass is 10.2. The topological polar surface area (TPSA) is 101 Å². The summed E-state index contributed by atoms with van der Waals surface area (Å²) in [7, 11) is 0. The zero-order valence-corrected chi connectivity index (χ0v) is 16.1. The highest BCUT2D eigenvalue weighted by molar-refractivity contribution is 6.03. The molecular formula is C22H23N3O4. The van der Waals surface area contributed by atoms with E-state index in [1.165, 1.54) is 30.3 Å². The quantitative estimate of drug-likeness (QED) is 0.222. The van der Waals surface area contributed by atoms with Crippen LogP contribution in [0.3, 0.4) is 0 Å². The number of allylic oxidation sites excluding steroid dienone is 2. The van der Waals surface area contributed by atoms with E-state index in [-0.39, 0.29) is 16.9 Å². The van der Waals surface area contributed by atoms with E-state index in [9.17, 15) is 19.7 Å². The number of carbonyl (C=O) groups is 2. The van der Waals surface area contributed by atoms with Crippen molar-refractivity contribution in [2.75, 3.05) is 6.54 Å². The third kappa shape index (κ3) is 7.06. The number of nitro benzene ring substituents is 1. The SMILES string of the molecule is CCCCNC(=O)C(=CC=Cc1ccccc1)NC(=O)c1ccc([N+](=O)[O-])cc1. The molecular weight excluding hydrogens is 370 g/mol. The van der Waals surface area contributed by atoms with Gasteiger partial charge in [0.1, 0.15) is 5.70 Å². The number of benzene rings is 2. The van der Waals surface area contributed by atoms with Crippen LogP contribution in [0.1, 0.15) is 35.7 Å². The molecule has 0 atom stereocenters. The molecule has 150 valence electrons. The van der Waals surface area contributed by atoms with Gasteiger partial charge in [0.2, 0.25) is 0 Å². The van der Waals surface area contributed by atoms with Gasteiger partial charge in [0, 0.05) is 24.2 Å². The lowest BCUT2D eigenvalue weighted by molar-refractivity contribution is -0.384. The van der Waals surface area contributed by atoms with Gasteiger partial charge in [-0.15, -0.1) is 0 Å². The molecule has 29 heavy (non-hydrogen) atoms. The fourth-order valence-corrected chi connectivity index (χ4v) is 2.40. The molecule has 0 spiro atoms. The highest BCUT2D eigenvalue weighted by atomic mass is 16.6. The molecule has 2 N–H and O–H groups in total. The first-order valence-electron chi connectivity index (χ1n) is 9.28. The molecule has 0 bridgehead atoms.